The number of hydrogen-bond acceptors (Lipinski definition) is 7. The van der Waals surface area contributed by atoms with E-state index in [2.05, 4.69) is 5.32 Å². The van der Waals surface area contributed by atoms with E-state index >= 15 is 0 Å². The van der Waals surface area contributed by atoms with Gasteiger partial charge in [0.1, 0.15) is 5.69 Å². The number of nitrogens with zero attached hydrogens (tertiary/aromatic N) is 1. The minimum atomic E-state index is -1.05. The van der Waals surface area contributed by atoms with Crippen molar-refractivity contribution in [2.45, 2.75) is 18.9 Å². The smallest absolute Gasteiger partial charge is 0.296 e. The molecular weight excluding hydrogens is 280 g/mol. The first-order valence-corrected chi connectivity index (χ1v) is 6.37. The van der Waals surface area contributed by atoms with Gasteiger partial charge < -0.3 is 25.0 Å². The summed E-state index contributed by atoms with van der Waals surface area (Å²) in [7, 11) is 2.80. The Hall–Kier alpha value is -2.06. The fraction of sp³-hybridized carbons (Fsp3) is 0.538. The third-order valence-electron chi connectivity index (χ3n) is 3.38. The molecule has 0 saturated carbocycles. The molecule has 0 aliphatic carbocycles. The van der Waals surface area contributed by atoms with Crippen LogP contribution in [0, 0.1) is 10.1 Å². The minimum absolute atomic E-state index is 0.141. The Kier molecular flexibility index (Phi) is 5.74. The van der Waals surface area contributed by atoms with E-state index in [1.54, 1.807) is 6.92 Å². The Morgan fingerprint density at radius 2 is 1.76 bits per heavy atom. The molecule has 3 N–H and O–H groups in total. The van der Waals surface area contributed by atoms with Crippen LogP contribution < -0.4 is 14.8 Å². The Morgan fingerprint density at radius 3 is 2.14 bits per heavy atom. The Bertz CT molecular complexity index is 493. The van der Waals surface area contributed by atoms with Crippen LogP contribution in [0.15, 0.2) is 12.1 Å². The molecule has 0 unspecified atom stereocenters. The van der Waals surface area contributed by atoms with Crippen LogP contribution in [0.2, 0.25) is 0 Å². The van der Waals surface area contributed by atoms with Crippen molar-refractivity contribution in [1.82, 2.24) is 0 Å². The maximum Gasteiger partial charge on any atom is 0.296 e. The number of benzene rings is 1. The molecule has 0 heterocycles. The van der Waals surface area contributed by atoms with E-state index in [4.69, 9.17) is 9.47 Å². The van der Waals surface area contributed by atoms with Crippen molar-refractivity contribution >= 4 is 11.4 Å². The van der Waals surface area contributed by atoms with Crippen molar-refractivity contribution < 1.29 is 24.6 Å². The van der Waals surface area contributed by atoms with Gasteiger partial charge in [-0.2, -0.15) is 0 Å². The molecular formula is C13H20N2O6. The molecule has 0 spiro atoms. The number of aliphatic hydroxyl groups excluding tert-OH is 2. The molecule has 1 aromatic rings. The van der Waals surface area contributed by atoms with Gasteiger partial charge in [0.05, 0.1) is 44.0 Å². The van der Waals surface area contributed by atoms with Crippen molar-refractivity contribution in [3.05, 3.63) is 22.2 Å². The topological polar surface area (TPSA) is 114 Å². The van der Waals surface area contributed by atoms with Gasteiger partial charge in [0, 0.05) is 6.07 Å². The summed E-state index contributed by atoms with van der Waals surface area (Å²) < 4.78 is 10.1. The first kappa shape index (κ1) is 17.0. The molecule has 0 radical (unpaired) electrons. The van der Waals surface area contributed by atoms with E-state index in [1.807, 2.05) is 0 Å². The van der Waals surface area contributed by atoms with Gasteiger partial charge in [0.25, 0.3) is 5.69 Å². The predicted molar refractivity (Wildman–Crippen MR) is 77.0 cm³/mol. The van der Waals surface area contributed by atoms with Gasteiger partial charge in [0.15, 0.2) is 11.5 Å². The number of ether oxygens (including phenoxy) is 2. The van der Waals surface area contributed by atoms with Crippen LogP contribution in [0.1, 0.15) is 13.3 Å². The molecule has 0 aromatic heterocycles. The van der Waals surface area contributed by atoms with E-state index in [1.165, 1.54) is 26.4 Å². The zero-order valence-corrected chi connectivity index (χ0v) is 12.3. The van der Waals surface area contributed by atoms with Gasteiger partial charge >= 0.3 is 0 Å². The predicted octanol–water partition coefficient (Wildman–Crippen LogP) is 1.16. The van der Waals surface area contributed by atoms with Gasteiger partial charge in [0.2, 0.25) is 0 Å². The lowest BCUT2D eigenvalue weighted by atomic mass is 9.97. The van der Waals surface area contributed by atoms with E-state index in [9.17, 15) is 20.3 Å². The number of aliphatic hydroxyl groups is 2. The maximum absolute atomic E-state index is 11.2. The highest BCUT2D eigenvalue weighted by Crippen LogP contribution is 2.39. The molecule has 1 rings (SSSR count). The molecule has 8 nitrogen and oxygen atoms in total. The largest absolute Gasteiger partial charge is 0.493 e. The fourth-order valence-electron chi connectivity index (χ4n) is 1.85. The minimum Gasteiger partial charge on any atom is -0.493 e. The third-order valence-corrected chi connectivity index (χ3v) is 3.38. The van der Waals surface area contributed by atoms with Gasteiger partial charge in [-0.1, -0.05) is 6.92 Å². The van der Waals surface area contributed by atoms with Crippen LogP contribution in [0.4, 0.5) is 11.4 Å². The molecule has 0 aliphatic rings. The average molecular weight is 300 g/mol. The van der Waals surface area contributed by atoms with E-state index in [0.29, 0.717) is 12.2 Å². The monoisotopic (exact) mass is 300 g/mol. The van der Waals surface area contributed by atoms with Crippen molar-refractivity contribution in [1.29, 1.82) is 0 Å². The molecule has 21 heavy (non-hydrogen) atoms. The van der Waals surface area contributed by atoms with E-state index in [0.717, 1.165) is 0 Å². The number of nitro benzene ring substituents is 1. The van der Waals surface area contributed by atoms with Crippen molar-refractivity contribution in [2.24, 2.45) is 0 Å². The van der Waals surface area contributed by atoms with Crippen LogP contribution in [0.5, 0.6) is 11.5 Å². The zero-order chi connectivity index (χ0) is 16.0. The van der Waals surface area contributed by atoms with Crippen molar-refractivity contribution in [2.75, 3.05) is 32.8 Å². The zero-order valence-electron chi connectivity index (χ0n) is 12.3. The number of nitro groups is 1. The van der Waals surface area contributed by atoms with Gasteiger partial charge in [-0.05, 0) is 6.42 Å². The quantitative estimate of drug-likeness (QED) is 0.487. The van der Waals surface area contributed by atoms with Crippen molar-refractivity contribution in [3.8, 4) is 11.5 Å². The van der Waals surface area contributed by atoms with Gasteiger partial charge in [-0.25, -0.2) is 0 Å². The van der Waals surface area contributed by atoms with Gasteiger partial charge in [-0.3, -0.25) is 10.1 Å². The Labute approximate surface area is 122 Å². The second-order valence-corrected chi connectivity index (χ2v) is 4.56. The summed E-state index contributed by atoms with van der Waals surface area (Å²) in [6.07, 6.45) is 0.380. The first-order valence-electron chi connectivity index (χ1n) is 6.37. The van der Waals surface area contributed by atoms with Crippen LogP contribution in [-0.4, -0.2) is 48.1 Å². The number of methoxy groups -OCH3 is 2. The van der Waals surface area contributed by atoms with Gasteiger partial charge in [-0.15, -0.1) is 0 Å². The highest BCUT2D eigenvalue weighted by molar-refractivity contribution is 5.69. The molecule has 1 aromatic carbocycles. The molecule has 0 bridgehead atoms. The summed E-state index contributed by atoms with van der Waals surface area (Å²) in [5.41, 5.74) is -1.14. The molecule has 0 aliphatic heterocycles. The fourth-order valence-corrected chi connectivity index (χ4v) is 1.85. The Morgan fingerprint density at radius 1 is 1.24 bits per heavy atom. The molecule has 0 amide bonds. The summed E-state index contributed by atoms with van der Waals surface area (Å²) in [4.78, 5) is 10.6. The first-order chi connectivity index (χ1) is 9.96. The average Bonchev–Trinajstić information content (AvgIpc) is 2.51. The lowest BCUT2D eigenvalue weighted by Gasteiger charge is -2.30. The van der Waals surface area contributed by atoms with E-state index in [-0.39, 0.29) is 30.3 Å². The SMILES string of the molecule is CCC(CO)(CO)Nc1cc(OC)c(OC)cc1[N+](=O)[O-]. The molecule has 0 saturated heterocycles. The summed E-state index contributed by atoms with van der Waals surface area (Å²) in [5.74, 6) is 0.538. The molecule has 8 heteroatoms. The lowest BCUT2D eigenvalue weighted by Crippen LogP contribution is -2.45. The number of nitrogens with one attached hydrogen (secondary N) is 1. The second kappa shape index (κ2) is 7.09. The van der Waals surface area contributed by atoms with Crippen LogP contribution in [0.25, 0.3) is 0 Å². The summed E-state index contributed by atoms with van der Waals surface area (Å²) >= 11 is 0. The molecule has 0 atom stereocenters. The highest BCUT2D eigenvalue weighted by Gasteiger charge is 2.30. The third kappa shape index (κ3) is 3.53. The highest BCUT2D eigenvalue weighted by atomic mass is 16.6. The number of hydrogen-bond donors (Lipinski definition) is 3. The number of anilines is 1. The molecule has 0 fully saturated rings. The van der Waals surface area contributed by atoms with E-state index < -0.39 is 10.5 Å². The van der Waals surface area contributed by atoms with Crippen LogP contribution in [-0.2, 0) is 0 Å². The summed E-state index contributed by atoms with van der Waals surface area (Å²) in [6, 6.07) is 2.64. The van der Waals surface area contributed by atoms with Crippen molar-refractivity contribution in [3.63, 3.8) is 0 Å². The standard InChI is InChI=1S/C13H20N2O6/c1-4-13(7-16,8-17)14-9-5-11(20-2)12(21-3)6-10(9)15(18)19/h5-6,14,16-17H,4,7-8H2,1-3H3. The summed E-state index contributed by atoms with van der Waals surface area (Å²) in [5, 5.41) is 32.9. The normalized spacial score (nSPS) is 11.1. The van der Waals surface area contributed by atoms with Crippen LogP contribution in [0.3, 0.4) is 0 Å². The molecule has 118 valence electrons. The lowest BCUT2D eigenvalue weighted by molar-refractivity contribution is -0.384. The maximum atomic E-state index is 11.2. The summed E-state index contributed by atoms with van der Waals surface area (Å²) in [6.45, 7) is 1.02. The number of rotatable bonds is 8. The van der Waals surface area contributed by atoms with Crippen LogP contribution >= 0.6 is 0 Å². The second-order valence-electron chi connectivity index (χ2n) is 4.56. The Balaban J connectivity index is 3.36.